The lowest BCUT2D eigenvalue weighted by molar-refractivity contribution is 0.485. The van der Waals surface area contributed by atoms with E-state index in [9.17, 15) is 4.79 Å². The SMILES string of the molecule is Cc1cc(C)n(C2CCCC2)c(=O)c1CNC1CC1. The van der Waals surface area contributed by atoms with E-state index in [1.54, 1.807) is 0 Å². The number of aryl methyl sites for hydroxylation is 2. The summed E-state index contributed by atoms with van der Waals surface area (Å²) in [5, 5.41) is 3.48. The molecule has 0 aliphatic heterocycles. The first-order chi connectivity index (χ1) is 9.16. The van der Waals surface area contributed by atoms with Crippen molar-refractivity contribution in [1.29, 1.82) is 0 Å². The Balaban J connectivity index is 1.93. The molecule has 3 heteroatoms. The molecule has 2 fully saturated rings. The highest BCUT2D eigenvalue weighted by Gasteiger charge is 2.24. The molecule has 0 unspecified atom stereocenters. The molecule has 0 radical (unpaired) electrons. The van der Waals surface area contributed by atoms with Gasteiger partial charge in [0.2, 0.25) is 0 Å². The number of rotatable bonds is 4. The van der Waals surface area contributed by atoms with Crippen LogP contribution in [0.15, 0.2) is 10.9 Å². The minimum atomic E-state index is 0.248. The van der Waals surface area contributed by atoms with Crippen LogP contribution in [-0.4, -0.2) is 10.6 Å². The van der Waals surface area contributed by atoms with Crippen LogP contribution >= 0.6 is 0 Å². The van der Waals surface area contributed by atoms with Crippen molar-refractivity contribution in [3.05, 3.63) is 33.2 Å². The van der Waals surface area contributed by atoms with E-state index >= 15 is 0 Å². The molecular weight excluding hydrogens is 236 g/mol. The van der Waals surface area contributed by atoms with Crippen molar-refractivity contribution in [3.8, 4) is 0 Å². The Hall–Kier alpha value is -1.09. The van der Waals surface area contributed by atoms with Gasteiger partial charge in [0.25, 0.3) is 5.56 Å². The average molecular weight is 260 g/mol. The molecule has 2 aliphatic carbocycles. The highest BCUT2D eigenvalue weighted by molar-refractivity contribution is 5.27. The van der Waals surface area contributed by atoms with E-state index in [2.05, 4.69) is 29.8 Å². The number of hydrogen-bond acceptors (Lipinski definition) is 2. The second-order valence-corrected chi connectivity index (χ2v) is 6.22. The predicted octanol–water partition coefficient (Wildman–Crippen LogP) is 2.83. The molecule has 0 bridgehead atoms. The topological polar surface area (TPSA) is 34.0 Å². The monoisotopic (exact) mass is 260 g/mol. The van der Waals surface area contributed by atoms with Gasteiger partial charge in [-0.25, -0.2) is 0 Å². The van der Waals surface area contributed by atoms with E-state index in [1.165, 1.54) is 38.5 Å². The van der Waals surface area contributed by atoms with Gasteiger partial charge in [0.1, 0.15) is 0 Å². The third-order valence-electron chi connectivity index (χ3n) is 4.59. The van der Waals surface area contributed by atoms with E-state index < -0.39 is 0 Å². The molecule has 2 saturated carbocycles. The zero-order chi connectivity index (χ0) is 13.4. The largest absolute Gasteiger partial charge is 0.310 e. The molecule has 1 aromatic heterocycles. The van der Waals surface area contributed by atoms with Crippen LogP contribution in [0.3, 0.4) is 0 Å². The number of hydrogen-bond donors (Lipinski definition) is 1. The molecule has 2 aliphatic rings. The van der Waals surface area contributed by atoms with Gasteiger partial charge in [0.15, 0.2) is 0 Å². The quantitative estimate of drug-likeness (QED) is 0.903. The van der Waals surface area contributed by atoms with Crippen molar-refractivity contribution in [2.24, 2.45) is 0 Å². The first-order valence-electron chi connectivity index (χ1n) is 7.62. The summed E-state index contributed by atoms with van der Waals surface area (Å²) in [6.07, 6.45) is 7.39. The molecule has 1 N–H and O–H groups in total. The first-order valence-corrected chi connectivity index (χ1v) is 7.62. The lowest BCUT2D eigenvalue weighted by Crippen LogP contribution is -2.32. The van der Waals surface area contributed by atoms with Crippen LogP contribution in [0.2, 0.25) is 0 Å². The van der Waals surface area contributed by atoms with Crippen molar-refractivity contribution in [3.63, 3.8) is 0 Å². The lowest BCUT2D eigenvalue weighted by Gasteiger charge is -2.20. The van der Waals surface area contributed by atoms with Gasteiger partial charge in [-0.1, -0.05) is 12.8 Å². The van der Waals surface area contributed by atoms with E-state index in [0.717, 1.165) is 23.4 Å². The Morgan fingerprint density at radius 3 is 2.53 bits per heavy atom. The molecule has 1 heterocycles. The summed E-state index contributed by atoms with van der Waals surface area (Å²) < 4.78 is 2.06. The van der Waals surface area contributed by atoms with Crippen molar-refractivity contribution >= 4 is 0 Å². The molecule has 0 amide bonds. The van der Waals surface area contributed by atoms with Crippen molar-refractivity contribution in [2.45, 2.75) is 71.0 Å². The van der Waals surface area contributed by atoms with Gasteiger partial charge in [-0.05, 0) is 51.2 Å². The van der Waals surface area contributed by atoms with Crippen LogP contribution in [0.5, 0.6) is 0 Å². The normalized spacial score (nSPS) is 20.1. The van der Waals surface area contributed by atoms with Gasteiger partial charge in [-0.2, -0.15) is 0 Å². The maximum Gasteiger partial charge on any atom is 0.255 e. The van der Waals surface area contributed by atoms with Crippen LogP contribution in [0.4, 0.5) is 0 Å². The molecule has 3 rings (SSSR count). The van der Waals surface area contributed by atoms with Gasteiger partial charge in [0.05, 0.1) is 0 Å². The summed E-state index contributed by atoms with van der Waals surface area (Å²) in [6.45, 7) is 4.88. The molecular formula is C16H24N2O. The Labute approximate surface area is 115 Å². The van der Waals surface area contributed by atoms with E-state index in [-0.39, 0.29) is 5.56 Å². The minimum absolute atomic E-state index is 0.248. The summed E-state index contributed by atoms with van der Waals surface area (Å²) in [4.78, 5) is 12.8. The molecule has 0 saturated heterocycles. The number of nitrogens with one attached hydrogen (secondary N) is 1. The molecule has 19 heavy (non-hydrogen) atoms. The highest BCUT2D eigenvalue weighted by Crippen LogP contribution is 2.29. The smallest absolute Gasteiger partial charge is 0.255 e. The fourth-order valence-corrected chi connectivity index (χ4v) is 3.31. The van der Waals surface area contributed by atoms with Gasteiger partial charge in [0, 0.05) is 29.9 Å². The summed E-state index contributed by atoms with van der Waals surface area (Å²) in [5.41, 5.74) is 3.50. The van der Waals surface area contributed by atoms with Crippen LogP contribution in [0.1, 0.15) is 61.4 Å². The maximum atomic E-state index is 12.8. The second kappa shape index (κ2) is 5.12. The van der Waals surface area contributed by atoms with Gasteiger partial charge < -0.3 is 9.88 Å². The fraction of sp³-hybridized carbons (Fsp3) is 0.688. The summed E-state index contributed by atoms with van der Waals surface area (Å²) in [7, 11) is 0. The molecule has 0 spiro atoms. The van der Waals surface area contributed by atoms with E-state index in [0.29, 0.717) is 12.1 Å². The molecule has 3 nitrogen and oxygen atoms in total. The summed E-state index contributed by atoms with van der Waals surface area (Å²) in [6, 6.07) is 3.27. The standard InChI is InChI=1S/C16H24N2O/c1-11-9-12(2)18(14-5-3-4-6-14)16(19)15(11)10-17-13-7-8-13/h9,13-14,17H,3-8,10H2,1-2H3. The fourth-order valence-electron chi connectivity index (χ4n) is 3.31. The zero-order valence-corrected chi connectivity index (χ0v) is 12.0. The van der Waals surface area contributed by atoms with Crippen molar-refractivity contribution < 1.29 is 0 Å². The highest BCUT2D eigenvalue weighted by atomic mass is 16.1. The van der Waals surface area contributed by atoms with Crippen LogP contribution in [-0.2, 0) is 6.54 Å². The number of pyridine rings is 1. The third-order valence-corrected chi connectivity index (χ3v) is 4.59. The Kier molecular flexibility index (Phi) is 3.48. The lowest BCUT2D eigenvalue weighted by atomic mass is 10.1. The second-order valence-electron chi connectivity index (χ2n) is 6.22. The van der Waals surface area contributed by atoms with Crippen LogP contribution in [0.25, 0.3) is 0 Å². The maximum absolute atomic E-state index is 12.8. The van der Waals surface area contributed by atoms with Crippen LogP contribution < -0.4 is 10.9 Å². The zero-order valence-electron chi connectivity index (χ0n) is 12.0. The third kappa shape index (κ3) is 2.62. The van der Waals surface area contributed by atoms with E-state index in [1.807, 2.05) is 0 Å². The summed E-state index contributed by atoms with van der Waals surface area (Å²) in [5.74, 6) is 0. The van der Waals surface area contributed by atoms with Gasteiger partial charge in [-0.15, -0.1) is 0 Å². The number of aromatic nitrogens is 1. The molecule has 1 aromatic rings. The molecule has 104 valence electrons. The first kappa shape index (κ1) is 12.9. The van der Waals surface area contributed by atoms with E-state index in [4.69, 9.17) is 0 Å². The molecule has 0 atom stereocenters. The van der Waals surface area contributed by atoms with Crippen LogP contribution in [0, 0.1) is 13.8 Å². The van der Waals surface area contributed by atoms with Crippen molar-refractivity contribution in [2.75, 3.05) is 0 Å². The van der Waals surface area contributed by atoms with Gasteiger partial charge >= 0.3 is 0 Å². The van der Waals surface area contributed by atoms with Gasteiger partial charge in [-0.3, -0.25) is 4.79 Å². The Morgan fingerprint density at radius 1 is 1.21 bits per heavy atom. The Bertz CT molecular complexity index is 522. The molecule has 0 aromatic carbocycles. The minimum Gasteiger partial charge on any atom is -0.310 e. The number of nitrogens with zero attached hydrogens (tertiary/aromatic N) is 1. The summed E-state index contributed by atoms with van der Waals surface area (Å²) >= 11 is 0. The average Bonchev–Trinajstić information content (AvgIpc) is 3.03. The van der Waals surface area contributed by atoms with Crippen molar-refractivity contribution in [1.82, 2.24) is 9.88 Å². The predicted molar refractivity (Wildman–Crippen MR) is 77.5 cm³/mol. The Morgan fingerprint density at radius 2 is 1.89 bits per heavy atom.